The number of hydrogen-bond acceptors (Lipinski definition) is 3. The van der Waals surface area contributed by atoms with Crippen molar-refractivity contribution < 1.29 is 14.7 Å². The van der Waals surface area contributed by atoms with Gasteiger partial charge in [-0.3, -0.25) is 14.3 Å². The summed E-state index contributed by atoms with van der Waals surface area (Å²) in [5, 5.41) is 15.8. The lowest BCUT2D eigenvalue weighted by Crippen LogP contribution is -2.30. The summed E-state index contributed by atoms with van der Waals surface area (Å²) >= 11 is 0. The van der Waals surface area contributed by atoms with Gasteiger partial charge in [-0.2, -0.15) is 5.10 Å². The molecule has 1 aromatic heterocycles. The molecule has 1 unspecified atom stereocenters. The second kappa shape index (κ2) is 6.21. The molecule has 0 aliphatic carbocycles. The highest BCUT2D eigenvalue weighted by atomic mass is 16.4. The van der Waals surface area contributed by atoms with E-state index in [0.717, 1.165) is 11.1 Å². The van der Waals surface area contributed by atoms with Gasteiger partial charge in [-0.25, -0.2) is 0 Å². The predicted molar refractivity (Wildman–Crippen MR) is 76.8 cm³/mol. The van der Waals surface area contributed by atoms with Crippen molar-refractivity contribution in [2.24, 2.45) is 7.05 Å². The van der Waals surface area contributed by atoms with Crippen LogP contribution in [-0.4, -0.2) is 26.8 Å². The second-order valence-electron chi connectivity index (χ2n) is 4.88. The van der Waals surface area contributed by atoms with Gasteiger partial charge in [0.25, 0.3) is 5.91 Å². The molecular weight excluding hydrogens is 270 g/mol. The van der Waals surface area contributed by atoms with E-state index in [1.54, 1.807) is 13.2 Å². The molecule has 0 aliphatic rings. The molecule has 0 radical (unpaired) electrons. The van der Waals surface area contributed by atoms with Crippen molar-refractivity contribution in [2.75, 3.05) is 0 Å². The van der Waals surface area contributed by atoms with Crippen molar-refractivity contribution in [3.8, 4) is 0 Å². The quantitative estimate of drug-likeness (QED) is 0.876. The number of aliphatic carboxylic acids is 1. The Hall–Kier alpha value is -2.63. The van der Waals surface area contributed by atoms with Crippen LogP contribution < -0.4 is 5.32 Å². The molecule has 0 spiro atoms. The smallest absolute Gasteiger partial charge is 0.305 e. The molecule has 1 aromatic carbocycles. The van der Waals surface area contributed by atoms with E-state index in [9.17, 15) is 9.59 Å². The number of hydrogen-bond donors (Lipinski definition) is 2. The van der Waals surface area contributed by atoms with Crippen molar-refractivity contribution in [3.63, 3.8) is 0 Å². The zero-order valence-electron chi connectivity index (χ0n) is 11.9. The van der Waals surface area contributed by atoms with E-state index in [2.05, 4.69) is 10.4 Å². The fraction of sp³-hybridized carbons (Fsp3) is 0.267. The van der Waals surface area contributed by atoms with Gasteiger partial charge in [-0.1, -0.05) is 24.3 Å². The summed E-state index contributed by atoms with van der Waals surface area (Å²) < 4.78 is 1.52. The monoisotopic (exact) mass is 287 g/mol. The number of aryl methyl sites for hydroxylation is 2. The molecular formula is C15H17N3O3. The minimum atomic E-state index is -0.963. The van der Waals surface area contributed by atoms with Crippen LogP contribution in [0.4, 0.5) is 0 Å². The van der Waals surface area contributed by atoms with Crippen LogP contribution in [0, 0.1) is 6.92 Å². The van der Waals surface area contributed by atoms with Gasteiger partial charge in [0, 0.05) is 13.2 Å². The van der Waals surface area contributed by atoms with Gasteiger partial charge in [-0.05, 0) is 18.1 Å². The summed E-state index contributed by atoms with van der Waals surface area (Å²) in [7, 11) is 1.72. The van der Waals surface area contributed by atoms with Crippen LogP contribution in [0.3, 0.4) is 0 Å². The summed E-state index contributed by atoms with van der Waals surface area (Å²) in [5.41, 5.74) is 2.15. The Morgan fingerprint density at radius 2 is 2.10 bits per heavy atom. The highest BCUT2D eigenvalue weighted by molar-refractivity contribution is 5.94. The van der Waals surface area contributed by atoms with Gasteiger partial charge < -0.3 is 10.4 Å². The van der Waals surface area contributed by atoms with Gasteiger partial charge in [0.2, 0.25) is 0 Å². The molecule has 0 saturated carbocycles. The molecule has 110 valence electrons. The summed E-state index contributed by atoms with van der Waals surface area (Å²) in [6, 6.07) is 6.84. The van der Waals surface area contributed by atoms with Crippen LogP contribution in [0.25, 0.3) is 0 Å². The van der Waals surface area contributed by atoms with Crippen LogP contribution in [0.5, 0.6) is 0 Å². The topological polar surface area (TPSA) is 84.2 Å². The molecule has 0 saturated heterocycles. The van der Waals surface area contributed by atoms with Gasteiger partial charge in [0.05, 0.1) is 24.2 Å². The molecule has 6 nitrogen and oxygen atoms in total. The van der Waals surface area contributed by atoms with Crippen molar-refractivity contribution in [3.05, 3.63) is 53.3 Å². The largest absolute Gasteiger partial charge is 0.481 e. The molecule has 0 aliphatic heterocycles. The number of rotatable bonds is 5. The first-order valence-corrected chi connectivity index (χ1v) is 6.54. The van der Waals surface area contributed by atoms with Crippen LogP contribution in [0.15, 0.2) is 36.7 Å². The summed E-state index contributed by atoms with van der Waals surface area (Å²) in [5.74, 6) is -1.30. The number of nitrogens with one attached hydrogen (secondary N) is 1. The zero-order valence-corrected chi connectivity index (χ0v) is 11.9. The van der Waals surface area contributed by atoms with Gasteiger partial charge >= 0.3 is 5.97 Å². The molecule has 21 heavy (non-hydrogen) atoms. The minimum absolute atomic E-state index is 0.170. The van der Waals surface area contributed by atoms with Crippen LogP contribution >= 0.6 is 0 Å². The standard InChI is InChI=1S/C15H17N3O3/c1-10-5-3-4-6-12(10)13(7-14(19)20)17-15(21)11-8-16-18(2)9-11/h3-6,8-9,13H,7H2,1-2H3,(H,17,21)(H,19,20). The first-order chi connectivity index (χ1) is 9.97. The number of carboxylic acids is 1. The third-order valence-electron chi connectivity index (χ3n) is 3.22. The van der Waals surface area contributed by atoms with Gasteiger partial charge in [-0.15, -0.1) is 0 Å². The maximum atomic E-state index is 12.2. The molecule has 1 heterocycles. The molecule has 6 heteroatoms. The normalized spacial score (nSPS) is 11.9. The van der Waals surface area contributed by atoms with E-state index in [1.165, 1.54) is 10.9 Å². The third-order valence-corrected chi connectivity index (χ3v) is 3.22. The van der Waals surface area contributed by atoms with Gasteiger partial charge in [0.1, 0.15) is 0 Å². The number of nitrogens with zero attached hydrogens (tertiary/aromatic N) is 2. The fourth-order valence-corrected chi connectivity index (χ4v) is 2.17. The van der Waals surface area contributed by atoms with Crippen LogP contribution in [0.1, 0.15) is 33.9 Å². The van der Waals surface area contributed by atoms with E-state index < -0.39 is 12.0 Å². The summed E-state index contributed by atoms with van der Waals surface area (Å²) in [4.78, 5) is 23.2. The van der Waals surface area contributed by atoms with Crippen molar-refractivity contribution in [1.29, 1.82) is 0 Å². The number of carbonyl (C=O) groups excluding carboxylic acids is 1. The zero-order chi connectivity index (χ0) is 15.4. The molecule has 1 atom stereocenters. The summed E-state index contributed by atoms with van der Waals surface area (Å²) in [6.45, 7) is 1.89. The highest BCUT2D eigenvalue weighted by Crippen LogP contribution is 2.21. The van der Waals surface area contributed by atoms with E-state index in [1.807, 2.05) is 31.2 Å². The van der Waals surface area contributed by atoms with E-state index in [4.69, 9.17) is 5.11 Å². The van der Waals surface area contributed by atoms with E-state index >= 15 is 0 Å². The summed E-state index contributed by atoms with van der Waals surface area (Å²) in [6.07, 6.45) is 2.87. The Morgan fingerprint density at radius 3 is 2.67 bits per heavy atom. The maximum absolute atomic E-state index is 12.2. The lowest BCUT2D eigenvalue weighted by molar-refractivity contribution is -0.137. The Bertz CT molecular complexity index is 664. The van der Waals surface area contributed by atoms with E-state index in [-0.39, 0.29) is 12.3 Å². The number of carboxylic acid groups (broad SMARTS) is 1. The molecule has 2 N–H and O–H groups in total. The van der Waals surface area contributed by atoms with Crippen LogP contribution in [0.2, 0.25) is 0 Å². The van der Waals surface area contributed by atoms with E-state index in [0.29, 0.717) is 5.56 Å². The number of aromatic nitrogens is 2. The Morgan fingerprint density at radius 1 is 1.38 bits per heavy atom. The van der Waals surface area contributed by atoms with Crippen molar-refractivity contribution >= 4 is 11.9 Å². The molecule has 1 amide bonds. The maximum Gasteiger partial charge on any atom is 0.305 e. The Balaban J connectivity index is 2.23. The Labute approximate surface area is 122 Å². The molecule has 2 rings (SSSR count). The first-order valence-electron chi connectivity index (χ1n) is 6.54. The average molecular weight is 287 g/mol. The number of carbonyl (C=O) groups is 2. The first kappa shape index (κ1) is 14.8. The van der Waals surface area contributed by atoms with Gasteiger partial charge in [0.15, 0.2) is 0 Å². The number of amides is 1. The second-order valence-corrected chi connectivity index (χ2v) is 4.88. The highest BCUT2D eigenvalue weighted by Gasteiger charge is 2.20. The van der Waals surface area contributed by atoms with Crippen molar-refractivity contribution in [2.45, 2.75) is 19.4 Å². The Kier molecular flexibility index (Phi) is 4.37. The third kappa shape index (κ3) is 3.68. The lowest BCUT2D eigenvalue weighted by Gasteiger charge is -2.19. The van der Waals surface area contributed by atoms with Crippen LogP contribution in [-0.2, 0) is 11.8 Å². The fourth-order valence-electron chi connectivity index (χ4n) is 2.17. The number of benzene rings is 1. The average Bonchev–Trinajstić information content (AvgIpc) is 2.85. The predicted octanol–water partition coefficient (Wildman–Crippen LogP) is 1.67. The molecule has 0 bridgehead atoms. The van der Waals surface area contributed by atoms with Crippen molar-refractivity contribution in [1.82, 2.24) is 15.1 Å². The lowest BCUT2D eigenvalue weighted by atomic mass is 9.98. The SMILES string of the molecule is Cc1ccccc1C(CC(=O)O)NC(=O)c1cnn(C)c1. The molecule has 0 fully saturated rings. The molecule has 2 aromatic rings. The minimum Gasteiger partial charge on any atom is -0.481 e.